The third-order valence-corrected chi connectivity index (χ3v) is 3.88. The molecule has 5 nitrogen and oxygen atoms in total. The minimum atomic E-state index is -0.819. The molecule has 130 valence electrons. The summed E-state index contributed by atoms with van der Waals surface area (Å²) < 4.78 is 0. The van der Waals surface area contributed by atoms with Crippen molar-refractivity contribution in [3.8, 4) is 0 Å². The highest BCUT2D eigenvalue weighted by Gasteiger charge is 2.13. The van der Waals surface area contributed by atoms with Crippen molar-refractivity contribution in [3.05, 3.63) is 77.4 Å². The van der Waals surface area contributed by atoms with Gasteiger partial charge in [0.25, 0.3) is 0 Å². The molecule has 3 aromatic carbocycles. The zero-order valence-corrected chi connectivity index (χ0v) is 14.6. The Hall–Kier alpha value is -3.47. The molecule has 0 aromatic heterocycles. The molecule has 0 aliphatic heterocycles. The molecule has 3 aromatic rings. The lowest BCUT2D eigenvalue weighted by molar-refractivity contribution is -0.136. The average Bonchev–Trinajstić information content (AvgIpc) is 2.61. The third kappa shape index (κ3) is 4.13. The number of benzene rings is 3. The van der Waals surface area contributed by atoms with E-state index in [4.69, 9.17) is 0 Å². The van der Waals surface area contributed by atoms with Crippen molar-refractivity contribution in [1.29, 1.82) is 0 Å². The van der Waals surface area contributed by atoms with Crippen molar-refractivity contribution in [1.82, 2.24) is 5.43 Å². The van der Waals surface area contributed by atoms with Gasteiger partial charge in [-0.2, -0.15) is 5.10 Å². The molecule has 0 bridgehead atoms. The first-order valence-electron chi connectivity index (χ1n) is 8.23. The van der Waals surface area contributed by atoms with Gasteiger partial charge >= 0.3 is 11.8 Å². The normalized spacial score (nSPS) is 10.8. The van der Waals surface area contributed by atoms with E-state index in [1.165, 1.54) is 6.21 Å². The molecule has 2 amide bonds. The molecular weight excluding hydrogens is 326 g/mol. The Labute approximate surface area is 151 Å². The van der Waals surface area contributed by atoms with Crippen molar-refractivity contribution in [2.75, 3.05) is 5.32 Å². The molecule has 0 saturated carbocycles. The standard InChI is InChI=1S/C21H19N3O2/c1-14-10-15(2)12-18(11-14)23-20(25)21(26)24-22-13-17-8-5-7-16-6-3-4-9-19(16)17/h3-13H,1-2H3,(H,23,25)(H,24,26)/b22-13+. The first-order valence-corrected chi connectivity index (χ1v) is 8.23. The van der Waals surface area contributed by atoms with Crippen LogP contribution in [-0.4, -0.2) is 18.0 Å². The maximum Gasteiger partial charge on any atom is 0.329 e. The third-order valence-electron chi connectivity index (χ3n) is 3.88. The average molecular weight is 345 g/mol. The van der Waals surface area contributed by atoms with Gasteiger partial charge in [-0.15, -0.1) is 0 Å². The van der Waals surface area contributed by atoms with E-state index in [1.807, 2.05) is 62.4 Å². The van der Waals surface area contributed by atoms with E-state index in [9.17, 15) is 9.59 Å². The van der Waals surface area contributed by atoms with E-state index < -0.39 is 11.8 Å². The van der Waals surface area contributed by atoms with Crippen molar-refractivity contribution < 1.29 is 9.59 Å². The van der Waals surface area contributed by atoms with E-state index in [0.717, 1.165) is 27.5 Å². The van der Waals surface area contributed by atoms with Crippen molar-refractivity contribution in [2.45, 2.75) is 13.8 Å². The second-order valence-corrected chi connectivity index (χ2v) is 6.10. The summed E-state index contributed by atoms with van der Waals surface area (Å²) in [5.74, 6) is -1.58. The molecule has 0 aliphatic carbocycles. The fraction of sp³-hybridized carbons (Fsp3) is 0.0952. The number of carbonyl (C=O) groups is 2. The van der Waals surface area contributed by atoms with Crippen LogP contribution in [0.2, 0.25) is 0 Å². The molecule has 0 unspecified atom stereocenters. The van der Waals surface area contributed by atoms with Crippen LogP contribution in [0.3, 0.4) is 0 Å². The highest BCUT2D eigenvalue weighted by Crippen LogP contribution is 2.16. The van der Waals surface area contributed by atoms with Gasteiger partial charge in [-0.05, 0) is 47.9 Å². The molecular formula is C21H19N3O2. The Morgan fingerprint density at radius 2 is 1.58 bits per heavy atom. The van der Waals surface area contributed by atoms with Crippen LogP contribution in [0.1, 0.15) is 16.7 Å². The molecule has 26 heavy (non-hydrogen) atoms. The minimum absolute atomic E-state index is 0.584. The predicted molar refractivity (Wildman–Crippen MR) is 104 cm³/mol. The van der Waals surface area contributed by atoms with Crippen LogP contribution >= 0.6 is 0 Å². The number of fused-ring (bicyclic) bond motifs is 1. The SMILES string of the molecule is Cc1cc(C)cc(NC(=O)C(=O)N/N=C/c2cccc3ccccc23)c1. The summed E-state index contributed by atoms with van der Waals surface area (Å²) in [6.45, 7) is 3.86. The van der Waals surface area contributed by atoms with Crippen LogP contribution in [0, 0.1) is 13.8 Å². The van der Waals surface area contributed by atoms with E-state index in [2.05, 4.69) is 15.8 Å². The number of hydrogen-bond donors (Lipinski definition) is 2. The smallest absolute Gasteiger partial charge is 0.318 e. The van der Waals surface area contributed by atoms with Gasteiger partial charge in [0, 0.05) is 11.3 Å². The van der Waals surface area contributed by atoms with Crippen LogP contribution < -0.4 is 10.7 Å². The van der Waals surface area contributed by atoms with Crippen molar-refractivity contribution in [3.63, 3.8) is 0 Å². The van der Waals surface area contributed by atoms with Crippen molar-refractivity contribution >= 4 is 34.5 Å². The topological polar surface area (TPSA) is 70.6 Å². The van der Waals surface area contributed by atoms with Crippen molar-refractivity contribution in [2.24, 2.45) is 5.10 Å². The van der Waals surface area contributed by atoms with Crippen LogP contribution in [-0.2, 0) is 9.59 Å². The van der Waals surface area contributed by atoms with Crippen LogP contribution in [0.15, 0.2) is 65.8 Å². The van der Waals surface area contributed by atoms with Gasteiger partial charge in [0.05, 0.1) is 6.21 Å². The molecule has 0 atom stereocenters. The van der Waals surface area contributed by atoms with Gasteiger partial charge in [-0.1, -0.05) is 48.5 Å². The number of anilines is 1. The Morgan fingerprint density at radius 1 is 0.885 bits per heavy atom. The first-order chi connectivity index (χ1) is 12.5. The second-order valence-electron chi connectivity index (χ2n) is 6.10. The van der Waals surface area contributed by atoms with Gasteiger partial charge < -0.3 is 5.32 Å². The lowest BCUT2D eigenvalue weighted by Gasteiger charge is -2.06. The first kappa shape index (κ1) is 17.4. The Balaban J connectivity index is 1.66. The van der Waals surface area contributed by atoms with E-state index >= 15 is 0 Å². The highest BCUT2D eigenvalue weighted by molar-refractivity contribution is 6.39. The zero-order valence-electron chi connectivity index (χ0n) is 14.6. The molecule has 5 heteroatoms. The van der Waals surface area contributed by atoms with Gasteiger partial charge in [0.2, 0.25) is 0 Å². The maximum absolute atomic E-state index is 12.0. The summed E-state index contributed by atoms with van der Waals surface area (Å²) in [5.41, 5.74) is 5.72. The number of rotatable bonds is 3. The minimum Gasteiger partial charge on any atom is -0.318 e. The van der Waals surface area contributed by atoms with Crippen LogP contribution in [0.25, 0.3) is 10.8 Å². The molecule has 0 fully saturated rings. The fourth-order valence-electron chi connectivity index (χ4n) is 2.81. The van der Waals surface area contributed by atoms with E-state index in [0.29, 0.717) is 5.69 Å². The lowest BCUT2D eigenvalue weighted by atomic mass is 10.1. The van der Waals surface area contributed by atoms with Crippen LogP contribution in [0.4, 0.5) is 5.69 Å². The highest BCUT2D eigenvalue weighted by atomic mass is 16.2. The summed E-state index contributed by atoms with van der Waals surface area (Å²) in [4.78, 5) is 23.9. The summed E-state index contributed by atoms with van der Waals surface area (Å²) in [6, 6.07) is 19.3. The number of hydrogen-bond acceptors (Lipinski definition) is 3. The Morgan fingerprint density at radius 3 is 2.35 bits per heavy atom. The Bertz CT molecular complexity index is 984. The number of nitrogens with one attached hydrogen (secondary N) is 2. The number of hydrazone groups is 1. The van der Waals surface area contributed by atoms with E-state index in [-0.39, 0.29) is 0 Å². The largest absolute Gasteiger partial charge is 0.329 e. The number of aryl methyl sites for hydroxylation is 2. The fourth-order valence-corrected chi connectivity index (χ4v) is 2.81. The summed E-state index contributed by atoms with van der Waals surface area (Å²) in [5, 5.41) is 8.58. The quantitative estimate of drug-likeness (QED) is 0.433. The molecule has 2 N–H and O–H groups in total. The van der Waals surface area contributed by atoms with Gasteiger partial charge in [0.1, 0.15) is 0 Å². The molecule has 3 rings (SSSR count). The molecule has 0 saturated heterocycles. The van der Waals surface area contributed by atoms with Gasteiger partial charge in [-0.3, -0.25) is 9.59 Å². The van der Waals surface area contributed by atoms with Crippen LogP contribution in [0.5, 0.6) is 0 Å². The van der Waals surface area contributed by atoms with Gasteiger partial charge in [0.15, 0.2) is 0 Å². The number of nitrogens with zero attached hydrogens (tertiary/aromatic N) is 1. The summed E-state index contributed by atoms with van der Waals surface area (Å²) in [7, 11) is 0. The number of carbonyl (C=O) groups excluding carboxylic acids is 2. The summed E-state index contributed by atoms with van der Waals surface area (Å²) in [6.07, 6.45) is 1.53. The monoisotopic (exact) mass is 345 g/mol. The molecule has 0 aliphatic rings. The molecule has 0 spiro atoms. The van der Waals surface area contributed by atoms with E-state index in [1.54, 1.807) is 12.1 Å². The Kier molecular flexibility index (Phi) is 5.08. The molecule has 0 heterocycles. The van der Waals surface area contributed by atoms with Gasteiger partial charge in [-0.25, -0.2) is 5.43 Å². The summed E-state index contributed by atoms with van der Waals surface area (Å²) >= 11 is 0. The maximum atomic E-state index is 12.0. The zero-order chi connectivity index (χ0) is 18.5. The molecule has 0 radical (unpaired) electrons. The number of amides is 2. The second kappa shape index (κ2) is 7.61. The predicted octanol–water partition coefficient (Wildman–Crippen LogP) is 3.55. The lowest BCUT2D eigenvalue weighted by Crippen LogP contribution is -2.32.